The molecule has 0 bridgehead atoms. The van der Waals surface area contributed by atoms with Crippen molar-refractivity contribution in [3.8, 4) is 0 Å². The summed E-state index contributed by atoms with van der Waals surface area (Å²) >= 11 is 0. The van der Waals surface area contributed by atoms with Crippen LogP contribution in [0, 0.1) is 0 Å². The molecule has 0 atom stereocenters. The Balaban J connectivity index is 2.22. The SMILES string of the molecule is CCOCCCn1cc(CNC)cn1. The van der Waals surface area contributed by atoms with E-state index in [0.717, 1.165) is 32.7 Å². The second-order valence-corrected chi connectivity index (χ2v) is 3.19. The maximum atomic E-state index is 5.26. The average molecular weight is 197 g/mol. The molecular formula is C10H19N3O. The smallest absolute Gasteiger partial charge is 0.0534 e. The number of nitrogens with zero attached hydrogens (tertiary/aromatic N) is 2. The van der Waals surface area contributed by atoms with Crippen molar-refractivity contribution in [3.63, 3.8) is 0 Å². The molecule has 0 unspecified atom stereocenters. The maximum absolute atomic E-state index is 5.26. The van der Waals surface area contributed by atoms with Gasteiger partial charge < -0.3 is 10.1 Å². The predicted molar refractivity (Wildman–Crippen MR) is 56.1 cm³/mol. The molecule has 4 heteroatoms. The Kier molecular flexibility index (Phi) is 5.25. The fourth-order valence-corrected chi connectivity index (χ4v) is 1.30. The molecule has 0 saturated heterocycles. The summed E-state index contributed by atoms with van der Waals surface area (Å²) in [7, 11) is 1.94. The average Bonchev–Trinajstić information content (AvgIpc) is 2.61. The Hall–Kier alpha value is -0.870. The predicted octanol–water partition coefficient (Wildman–Crippen LogP) is 1.03. The molecule has 0 aliphatic rings. The number of nitrogens with one attached hydrogen (secondary N) is 1. The second kappa shape index (κ2) is 6.56. The van der Waals surface area contributed by atoms with Gasteiger partial charge in [-0.3, -0.25) is 4.68 Å². The Morgan fingerprint density at radius 3 is 3.14 bits per heavy atom. The fraction of sp³-hybridized carbons (Fsp3) is 0.700. The first-order chi connectivity index (χ1) is 6.86. The van der Waals surface area contributed by atoms with E-state index in [-0.39, 0.29) is 0 Å². The van der Waals surface area contributed by atoms with E-state index in [2.05, 4.69) is 16.6 Å². The van der Waals surface area contributed by atoms with Crippen molar-refractivity contribution >= 4 is 0 Å². The largest absolute Gasteiger partial charge is 0.382 e. The van der Waals surface area contributed by atoms with Crippen LogP contribution in [0.5, 0.6) is 0 Å². The number of ether oxygens (including phenoxy) is 1. The standard InChI is InChI=1S/C10H19N3O/c1-3-14-6-4-5-13-9-10(7-11-2)8-12-13/h8-9,11H,3-7H2,1-2H3. The van der Waals surface area contributed by atoms with Crippen LogP contribution >= 0.6 is 0 Å². The summed E-state index contributed by atoms with van der Waals surface area (Å²) in [5.41, 5.74) is 1.23. The van der Waals surface area contributed by atoms with E-state index < -0.39 is 0 Å². The van der Waals surface area contributed by atoms with Gasteiger partial charge in [0.2, 0.25) is 0 Å². The minimum Gasteiger partial charge on any atom is -0.382 e. The molecule has 0 spiro atoms. The van der Waals surface area contributed by atoms with Gasteiger partial charge in [0.25, 0.3) is 0 Å². The van der Waals surface area contributed by atoms with Gasteiger partial charge in [-0.2, -0.15) is 5.10 Å². The molecule has 1 aromatic rings. The highest BCUT2D eigenvalue weighted by Gasteiger charge is 1.96. The molecular weight excluding hydrogens is 178 g/mol. The van der Waals surface area contributed by atoms with Crippen LogP contribution in [0.2, 0.25) is 0 Å². The van der Waals surface area contributed by atoms with E-state index in [0.29, 0.717) is 0 Å². The Bertz CT molecular complexity index is 247. The number of rotatable bonds is 7. The van der Waals surface area contributed by atoms with Crippen molar-refractivity contribution in [1.29, 1.82) is 0 Å². The molecule has 0 amide bonds. The lowest BCUT2D eigenvalue weighted by Gasteiger charge is -2.01. The Morgan fingerprint density at radius 1 is 1.57 bits per heavy atom. The third kappa shape index (κ3) is 3.89. The van der Waals surface area contributed by atoms with Crippen molar-refractivity contribution < 1.29 is 4.74 Å². The van der Waals surface area contributed by atoms with Gasteiger partial charge in [0.15, 0.2) is 0 Å². The van der Waals surface area contributed by atoms with E-state index in [9.17, 15) is 0 Å². The van der Waals surface area contributed by atoms with Crippen LogP contribution in [0.15, 0.2) is 12.4 Å². The molecule has 0 fully saturated rings. The van der Waals surface area contributed by atoms with Gasteiger partial charge in [-0.25, -0.2) is 0 Å². The zero-order valence-corrected chi connectivity index (χ0v) is 8.99. The van der Waals surface area contributed by atoms with Gasteiger partial charge in [0, 0.05) is 38.1 Å². The summed E-state index contributed by atoms with van der Waals surface area (Å²) in [6.07, 6.45) is 4.99. The Morgan fingerprint density at radius 2 is 2.43 bits per heavy atom. The van der Waals surface area contributed by atoms with Gasteiger partial charge in [-0.15, -0.1) is 0 Å². The van der Waals surface area contributed by atoms with Crippen LogP contribution < -0.4 is 5.32 Å². The summed E-state index contributed by atoms with van der Waals surface area (Å²) in [5.74, 6) is 0. The monoisotopic (exact) mass is 197 g/mol. The summed E-state index contributed by atoms with van der Waals surface area (Å²) < 4.78 is 7.22. The zero-order chi connectivity index (χ0) is 10.2. The highest BCUT2D eigenvalue weighted by atomic mass is 16.5. The van der Waals surface area contributed by atoms with Crippen molar-refractivity contribution in [1.82, 2.24) is 15.1 Å². The molecule has 1 rings (SSSR count). The van der Waals surface area contributed by atoms with Gasteiger partial charge >= 0.3 is 0 Å². The first-order valence-electron chi connectivity index (χ1n) is 5.10. The first-order valence-corrected chi connectivity index (χ1v) is 5.10. The van der Waals surface area contributed by atoms with E-state index >= 15 is 0 Å². The minimum atomic E-state index is 0.796. The normalized spacial score (nSPS) is 10.7. The maximum Gasteiger partial charge on any atom is 0.0534 e. The first kappa shape index (κ1) is 11.2. The fourth-order valence-electron chi connectivity index (χ4n) is 1.30. The van der Waals surface area contributed by atoms with E-state index in [1.807, 2.05) is 24.9 Å². The molecule has 14 heavy (non-hydrogen) atoms. The van der Waals surface area contributed by atoms with Crippen molar-refractivity contribution in [2.75, 3.05) is 20.3 Å². The van der Waals surface area contributed by atoms with Crippen LogP contribution in [0.1, 0.15) is 18.9 Å². The van der Waals surface area contributed by atoms with E-state index in [1.54, 1.807) is 0 Å². The lowest BCUT2D eigenvalue weighted by atomic mass is 10.4. The molecule has 80 valence electrons. The quantitative estimate of drug-likeness (QED) is 0.664. The summed E-state index contributed by atoms with van der Waals surface area (Å²) in [6, 6.07) is 0. The van der Waals surface area contributed by atoms with E-state index in [1.165, 1.54) is 5.56 Å². The topological polar surface area (TPSA) is 39.1 Å². The van der Waals surface area contributed by atoms with Gasteiger partial charge in [0.1, 0.15) is 0 Å². The van der Waals surface area contributed by atoms with Crippen molar-refractivity contribution in [3.05, 3.63) is 18.0 Å². The molecule has 0 saturated carbocycles. The minimum absolute atomic E-state index is 0.796. The molecule has 1 aromatic heterocycles. The van der Waals surface area contributed by atoms with Crippen molar-refractivity contribution in [2.45, 2.75) is 26.4 Å². The van der Waals surface area contributed by atoms with Crippen LogP contribution in [-0.4, -0.2) is 30.0 Å². The molecule has 0 aliphatic heterocycles. The third-order valence-corrected chi connectivity index (χ3v) is 1.95. The third-order valence-electron chi connectivity index (χ3n) is 1.95. The lowest BCUT2D eigenvalue weighted by Crippen LogP contribution is -2.05. The highest BCUT2D eigenvalue weighted by Crippen LogP contribution is 1.98. The zero-order valence-electron chi connectivity index (χ0n) is 8.99. The molecule has 4 nitrogen and oxygen atoms in total. The van der Waals surface area contributed by atoms with Crippen LogP contribution in [-0.2, 0) is 17.8 Å². The number of hydrogen-bond donors (Lipinski definition) is 1. The number of aryl methyl sites for hydroxylation is 1. The van der Waals surface area contributed by atoms with Gasteiger partial charge in [0.05, 0.1) is 6.20 Å². The highest BCUT2D eigenvalue weighted by molar-refractivity contribution is 5.02. The summed E-state index contributed by atoms with van der Waals surface area (Å²) in [5, 5.41) is 7.35. The lowest BCUT2D eigenvalue weighted by molar-refractivity contribution is 0.141. The number of hydrogen-bond acceptors (Lipinski definition) is 3. The second-order valence-electron chi connectivity index (χ2n) is 3.19. The molecule has 0 aromatic carbocycles. The van der Waals surface area contributed by atoms with Crippen molar-refractivity contribution in [2.24, 2.45) is 0 Å². The molecule has 1 heterocycles. The molecule has 1 N–H and O–H groups in total. The van der Waals surface area contributed by atoms with Gasteiger partial charge in [-0.1, -0.05) is 0 Å². The molecule has 0 radical (unpaired) electrons. The molecule has 0 aliphatic carbocycles. The van der Waals surface area contributed by atoms with E-state index in [4.69, 9.17) is 4.74 Å². The van der Waals surface area contributed by atoms with Gasteiger partial charge in [-0.05, 0) is 20.4 Å². The van der Waals surface area contributed by atoms with Crippen LogP contribution in [0.25, 0.3) is 0 Å². The number of aromatic nitrogens is 2. The van der Waals surface area contributed by atoms with Crippen LogP contribution in [0.3, 0.4) is 0 Å². The summed E-state index contributed by atoms with van der Waals surface area (Å²) in [6.45, 7) is 5.44. The Labute approximate surface area is 85.3 Å². The summed E-state index contributed by atoms with van der Waals surface area (Å²) in [4.78, 5) is 0. The van der Waals surface area contributed by atoms with Crippen LogP contribution in [0.4, 0.5) is 0 Å².